The largest absolute Gasteiger partial charge is 0.380 e. The minimum atomic E-state index is 0.331. The zero-order chi connectivity index (χ0) is 19.0. The fourth-order valence-electron chi connectivity index (χ4n) is 3.77. The molecule has 0 amide bonds. The molecule has 0 saturated carbocycles. The second-order valence-corrected chi connectivity index (χ2v) is 8.83. The van der Waals surface area contributed by atoms with Gasteiger partial charge in [-0.3, -0.25) is 5.10 Å². The van der Waals surface area contributed by atoms with E-state index in [0.717, 1.165) is 54.3 Å². The molecule has 2 fully saturated rings. The van der Waals surface area contributed by atoms with Gasteiger partial charge in [-0.05, 0) is 37.6 Å². The first-order chi connectivity index (χ1) is 13.7. The van der Waals surface area contributed by atoms with Gasteiger partial charge in [-0.2, -0.15) is 5.10 Å². The Morgan fingerprint density at radius 2 is 1.96 bits per heavy atom. The second-order valence-electron chi connectivity index (χ2n) is 7.69. The van der Waals surface area contributed by atoms with Crippen LogP contribution in [0.1, 0.15) is 12.1 Å². The lowest BCUT2D eigenvalue weighted by Gasteiger charge is -2.37. The number of pyridine rings is 1. The highest BCUT2D eigenvalue weighted by Gasteiger charge is 2.44. The molecule has 0 aliphatic carbocycles. The summed E-state index contributed by atoms with van der Waals surface area (Å²) in [6.45, 7) is 5.78. The maximum absolute atomic E-state index is 5.48. The highest BCUT2D eigenvalue weighted by Crippen LogP contribution is 2.40. The van der Waals surface area contributed by atoms with Crippen LogP contribution in [0, 0.1) is 12.3 Å². The van der Waals surface area contributed by atoms with E-state index in [2.05, 4.69) is 56.8 Å². The van der Waals surface area contributed by atoms with Gasteiger partial charge in [-0.15, -0.1) is 0 Å². The summed E-state index contributed by atoms with van der Waals surface area (Å²) in [4.78, 5) is 9.66. The number of rotatable bonds is 5. The number of aromatic amines is 1. The summed E-state index contributed by atoms with van der Waals surface area (Å²) in [5.74, 6) is 2.61. The lowest BCUT2D eigenvalue weighted by Crippen LogP contribution is -2.44. The lowest BCUT2D eigenvalue weighted by molar-refractivity contribution is -0.0985. The molecule has 0 bridgehead atoms. The standard InChI is InChI=1S/C21H23N5OS/c1-15-9-19(25-24-15)22-18-10-17(28-16-5-3-2-4-6-16)11-20(23-18)26-8-7-21(12-26)13-27-14-21/h2-6,9-11H,7-8,12-14H2,1H3,(H2,22,23,24,25). The molecular formula is C21H23N5OS. The molecule has 3 aromatic rings. The molecule has 5 rings (SSSR count). The molecule has 0 radical (unpaired) electrons. The van der Waals surface area contributed by atoms with Crippen LogP contribution < -0.4 is 10.2 Å². The molecule has 2 N–H and O–H groups in total. The molecule has 2 aromatic heterocycles. The average Bonchev–Trinajstić information content (AvgIpc) is 3.29. The van der Waals surface area contributed by atoms with E-state index in [1.165, 1.54) is 11.3 Å². The summed E-state index contributed by atoms with van der Waals surface area (Å²) in [5, 5.41) is 10.6. The summed E-state index contributed by atoms with van der Waals surface area (Å²) >= 11 is 1.75. The van der Waals surface area contributed by atoms with Crippen molar-refractivity contribution in [1.82, 2.24) is 15.2 Å². The van der Waals surface area contributed by atoms with Crippen LogP contribution in [0.5, 0.6) is 0 Å². The van der Waals surface area contributed by atoms with Gasteiger partial charge in [0.25, 0.3) is 0 Å². The van der Waals surface area contributed by atoms with Crippen molar-refractivity contribution in [3.05, 3.63) is 54.2 Å². The van der Waals surface area contributed by atoms with E-state index in [1.807, 2.05) is 19.1 Å². The number of nitrogens with one attached hydrogen (secondary N) is 2. The highest BCUT2D eigenvalue weighted by molar-refractivity contribution is 7.99. The third-order valence-electron chi connectivity index (χ3n) is 5.31. The number of hydrogen-bond acceptors (Lipinski definition) is 6. The molecule has 28 heavy (non-hydrogen) atoms. The summed E-state index contributed by atoms with van der Waals surface area (Å²) in [6, 6.07) is 16.7. The quantitative estimate of drug-likeness (QED) is 0.676. The third kappa shape index (κ3) is 3.59. The first kappa shape index (κ1) is 17.6. The molecule has 2 aliphatic rings. The Morgan fingerprint density at radius 3 is 2.64 bits per heavy atom. The molecule has 6 nitrogen and oxygen atoms in total. The van der Waals surface area contributed by atoms with Crippen LogP contribution >= 0.6 is 11.8 Å². The molecule has 7 heteroatoms. The lowest BCUT2D eigenvalue weighted by atomic mass is 9.85. The fourth-order valence-corrected chi connectivity index (χ4v) is 4.67. The molecule has 1 aromatic carbocycles. The zero-order valence-corrected chi connectivity index (χ0v) is 16.6. The summed E-state index contributed by atoms with van der Waals surface area (Å²) in [6.07, 6.45) is 1.17. The van der Waals surface area contributed by atoms with Gasteiger partial charge >= 0.3 is 0 Å². The number of ether oxygens (including phenoxy) is 1. The molecular weight excluding hydrogens is 370 g/mol. The number of aromatic nitrogens is 3. The van der Waals surface area contributed by atoms with Crippen molar-refractivity contribution in [3.8, 4) is 0 Å². The van der Waals surface area contributed by atoms with Gasteiger partial charge in [0, 0.05) is 40.1 Å². The molecule has 4 heterocycles. The summed E-state index contributed by atoms with van der Waals surface area (Å²) in [5.41, 5.74) is 1.35. The van der Waals surface area contributed by atoms with Crippen LogP contribution in [-0.4, -0.2) is 41.5 Å². The van der Waals surface area contributed by atoms with E-state index in [1.54, 1.807) is 11.8 Å². The van der Waals surface area contributed by atoms with E-state index in [0.29, 0.717) is 5.41 Å². The van der Waals surface area contributed by atoms with Crippen molar-refractivity contribution in [2.24, 2.45) is 5.41 Å². The van der Waals surface area contributed by atoms with Gasteiger partial charge < -0.3 is 15.0 Å². The van der Waals surface area contributed by atoms with Gasteiger partial charge in [0.05, 0.1) is 13.2 Å². The topological polar surface area (TPSA) is 66.1 Å². The van der Waals surface area contributed by atoms with Gasteiger partial charge in [-0.1, -0.05) is 30.0 Å². The number of hydrogen-bond donors (Lipinski definition) is 2. The smallest absolute Gasteiger partial charge is 0.153 e. The Morgan fingerprint density at radius 1 is 1.11 bits per heavy atom. The number of benzene rings is 1. The normalized spacial score (nSPS) is 17.7. The Bertz CT molecular complexity index is 970. The van der Waals surface area contributed by atoms with Crippen LogP contribution in [0.4, 0.5) is 17.5 Å². The summed E-state index contributed by atoms with van der Waals surface area (Å²) in [7, 11) is 0. The van der Waals surface area contributed by atoms with Crippen molar-refractivity contribution in [2.75, 3.05) is 36.5 Å². The molecule has 2 aliphatic heterocycles. The Labute approximate surface area is 168 Å². The minimum Gasteiger partial charge on any atom is -0.380 e. The van der Waals surface area contributed by atoms with E-state index in [9.17, 15) is 0 Å². The third-order valence-corrected chi connectivity index (χ3v) is 6.28. The predicted octanol–water partition coefficient (Wildman–Crippen LogP) is 4.23. The van der Waals surface area contributed by atoms with Crippen molar-refractivity contribution < 1.29 is 4.74 Å². The van der Waals surface area contributed by atoms with Crippen molar-refractivity contribution in [3.63, 3.8) is 0 Å². The minimum absolute atomic E-state index is 0.331. The SMILES string of the molecule is Cc1cc(Nc2cc(Sc3ccccc3)cc(N3CCC4(COC4)C3)n2)n[nH]1. The summed E-state index contributed by atoms with van der Waals surface area (Å²) < 4.78 is 5.48. The average molecular weight is 394 g/mol. The first-order valence-electron chi connectivity index (χ1n) is 9.54. The maximum atomic E-state index is 5.48. The predicted molar refractivity (Wildman–Crippen MR) is 111 cm³/mol. The Kier molecular flexibility index (Phi) is 4.49. The molecule has 0 atom stereocenters. The monoisotopic (exact) mass is 393 g/mol. The van der Waals surface area contributed by atoms with Crippen LogP contribution in [0.25, 0.3) is 0 Å². The first-order valence-corrected chi connectivity index (χ1v) is 10.4. The van der Waals surface area contributed by atoms with Crippen LogP contribution in [0.3, 0.4) is 0 Å². The Balaban J connectivity index is 1.44. The molecule has 0 unspecified atom stereocenters. The van der Waals surface area contributed by atoms with Gasteiger partial charge in [0.1, 0.15) is 11.6 Å². The van der Waals surface area contributed by atoms with Crippen molar-refractivity contribution >= 4 is 29.2 Å². The van der Waals surface area contributed by atoms with Gasteiger partial charge in [0.15, 0.2) is 5.82 Å². The second kappa shape index (κ2) is 7.14. The van der Waals surface area contributed by atoms with E-state index >= 15 is 0 Å². The van der Waals surface area contributed by atoms with Crippen LogP contribution in [0.15, 0.2) is 58.3 Å². The van der Waals surface area contributed by atoms with Crippen LogP contribution in [0.2, 0.25) is 0 Å². The van der Waals surface area contributed by atoms with E-state index in [-0.39, 0.29) is 0 Å². The molecule has 2 saturated heterocycles. The number of anilines is 3. The van der Waals surface area contributed by atoms with E-state index in [4.69, 9.17) is 9.72 Å². The van der Waals surface area contributed by atoms with Crippen molar-refractivity contribution in [1.29, 1.82) is 0 Å². The molecule has 144 valence electrons. The van der Waals surface area contributed by atoms with Gasteiger partial charge in [-0.25, -0.2) is 4.98 Å². The number of H-pyrrole nitrogens is 1. The van der Waals surface area contributed by atoms with Gasteiger partial charge in [0.2, 0.25) is 0 Å². The zero-order valence-electron chi connectivity index (χ0n) is 15.8. The van der Waals surface area contributed by atoms with E-state index < -0.39 is 0 Å². The molecule has 1 spiro atoms. The Hall–Kier alpha value is -2.51. The number of aryl methyl sites for hydroxylation is 1. The van der Waals surface area contributed by atoms with Crippen LogP contribution in [-0.2, 0) is 4.74 Å². The fraction of sp³-hybridized carbons (Fsp3) is 0.333. The maximum Gasteiger partial charge on any atom is 0.153 e. The highest BCUT2D eigenvalue weighted by atomic mass is 32.2. The van der Waals surface area contributed by atoms with Crippen molar-refractivity contribution in [2.45, 2.75) is 23.1 Å². The number of nitrogens with zero attached hydrogens (tertiary/aromatic N) is 3.